The number of ether oxygens (including phenoxy) is 2. The number of hydrogen-bond donors (Lipinski definition) is 1. The molecule has 0 radical (unpaired) electrons. The maximum Gasteiger partial charge on any atom is 0.240 e. The van der Waals surface area contributed by atoms with Crippen LogP contribution in [0.1, 0.15) is 12.8 Å². The van der Waals surface area contributed by atoms with Gasteiger partial charge in [-0.3, -0.25) is 0 Å². The van der Waals surface area contributed by atoms with Crippen molar-refractivity contribution in [3.05, 3.63) is 78.9 Å². The van der Waals surface area contributed by atoms with Crippen LogP contribution in [0.4, 0.5) is 5.69 Å². The lowest BCUT2D eigenvalue weighted by Crippen LogP contribution is -2.40. The first-order chi connectivity index (χ1) is 15.1. The fourth-order valence-corrected chi connectivity index (χ4v) is 4.89. The van der Waals surface area contributed by atoms with Crippen molar-refractivity contribution in [3.63, 3.8) is 0 Å². The monoisotopic (exact) mass is 438 g/mol. The molecular weight excluding hydrogens is 412 g/mol. The number of rotatable bonds is 8. The van der Waals surface area contributed by atoms with Gasteiger partial charge in [0, 0.05) is 24.8 Å². The Balaban J connectivity index is 1.41. The van der Waals surface area contributed by atoms with Gasteiger partial charge >= 0.3 is 0 Å². The van der Waals surface area contributed by atoms with Crippen LogP contribution in [0.3, 0.4) is 0 Å². The van der Waals surface area contributed by atoms with Crippen molar-refractivity contribution in [2.24, 2.45) is 0 Å². The van der Waals surface area contributed by atoms with Gasteiger partial charge in [-0.25, -0.2) is 13.1 Å². The Morgan fingerprint density at radius 2 is 1.61 bits per heavy atom. The Bertz CT molecular complexity index is 1100. The summed E-state index contributed by atoms with van der Waals surface area (Å²) < 4.78 is 39.5. The second kappa shape index (κ2) is 9.41. The molecule has 4 rings (SSSR count). The zero-order valence-corrected chi connectivity index (χ0v) is 18.2. The van der Waals surface area contributed by atoms with E-state index in [1.54, 1.807) is 43.5 Å². The molecule has 0 aliphatic carbocycles. The molecule has 1 N–H and O–H groups in total. The van der Waals surface area contributed by atoms with E-state index in [2.05, 4.69) is 21.8 Å². The molecule has 1 aliphatic heterocycles. The van der Waals surface area contributed by atoms with Crippen LogP contribution in [0.2, 0.25) is 0 Å². The summed E-state index contributed by atoms with van der Waals surface area (Å²) in [6.45, 7) is 1.31. The summed E-state index contributed by atoms with van der Waals surface area (Å²) in [4.78, 5) is 2.48. The standard InChI is InChI=1S/C24H26N2O4S/c1-29-23-11-5-6-12-24(23)30-21-13-15-22(16-14-21)31(27,28)25-18-20-10-7-17-26(20)19-8-3-2-4-9-19/h2-6,8-9,11-16,20,25H,7,10,17-18H2,1H3. The maximum absolute atomic E-state index is 12.8. The van der Waals surface area contributed by atoms with Crippen LogP contribution >= 0.6 is 0 Å². The van der Waals surface area contributed by atoms with Crippen molar-refractivity contribution in [2.45, 2.75) is 23.8 Å². The summed E-state index contributed by atoms with van der Waals surface area (Å²) in [5, 5.41) is 0. The topological polar surface area (TPSA) is 67.9 Å². The van der Waals surface area contributed by atoms with E-state index in [4.69, 9.17) is 9.47 Å². The Hall–Kier alpha value is -3.03. The first-order valence-electron chi connectivity index (χ1n) is 10.3. The van der Waals surface area contributed by atoms with Gasteiger partial charge in [-0.1, -0.05) is 30.3 Å². The summed E-state index contributed by atoms with van der Waals surface area (Å²) in [5.41, 5.74) is 1.13. The Kier molecular flexibility index (Phi) is 6.44. The van der Waals surface area contributed by atoms with E-state index < -0.39 is 10.0 Å². The quantitative estimate of drug-likeness (QED) is 0.563. The SMILES string of the molecule is COc1ccccc1Oc1ccc(S(=O)(=O)NCC2CCCN2c2ccccc2)cc1. The molecule has 0 aromatic heterocycles. The molecule has 1 aliphatic rings. The molecular formula is C24H26N2O4S. The van der Waals surface area contributed by atoms with Gasteiger partial charge < -0.3 is 14.4 Å². The number of para-hydroxylation sites is 3. The third kappa shape index (κ3) is 5.00. The van der Waals surface area contributed by atoms with Crippen LogP contribution in [0, 0.1) is 0 Å². The average molecular weight is 439 g/mol. The number of anilines is 1. The lowest BCUT2D eigenvalue weighted by molar-refractivity contribution is 0.379. The number of benzene rings is 3. The molecule has 1 atom stereocenters. The van der Waals surface area contributed by atoms with Gasteiger partial charge in [0.25, 0.3) is 0 Å². The summed E-state index contributed by atoms with van der Waals surface area (Å²) >= 11 is 0. The zero-order chi connectivity index (χ0) is 21.7. The Morgan fingerprint density at radius 3 is 2.32 bits per heavy atom. The smallest absolute Gasteiger partial charge is 0.240 e. The molecule has 31 heavy (non-hydrogen) atoms. The van der Waals surface area contributed by atoms with Crippen LogP contribution in [0.5, 0.6) is 17.2 Å². The van der Waals surface area contributed by atoms with E-state index in [0.717, 1.165) is 25.1 Å². The highest BCUT2D eigenvalue weighted by molar-refractivity contribution is 7.89. The second-order valence-corrected chi connectivity index (χ2v) is 9.17. The Morgan fingerprint density at radius 1 is 0.935 bits per heavy atom. The first-order valence-corrected chi connectivity index (χ1v) is 11.8. The molecule has 1 unspecified atom stereocenters. The van der Waals surface area contributed by atoms with Gasteiger partial charge in [0.05, 0.1) is 12.0 Å². The number of nitrogens with zero attached hydrogens (tertiary/aromatic N) is 1. The fourth-order valence-electron chi connectivity index (χ4n) is 3.81. The normalized spacial score (nSPS) is 16.3. The molecule has 0 amide bonds. The minimum atomic E-state index is -3.61. The van der Waals surface area contributed by atoms with Gasteiger partial charge in [-0.05, 0) is 61.4 Å². The van der Waals surface area contributed by atoms with E-state index in [-0.39, 0.29) is 10.9 Å². The van der Waals surface area contributed by atoms with Crippen molar-refractivity contribution in [3.8, 4) is 17.2 Å². The number of methoxy groups -OCH3 is 1. The molecule has 0 bridgehead atoms. The molecule has 1 saturated heterocycles. The van der Waals surface area contributed by atoms with Gasteiger partial charge in [-0.15, -0.1) is 0 Å². The molecule has 1 heterocycles. The molecule has 3 aromatic rings. The molecule has 1 fully saturated rings. The number of sulfonamides is 1. The Labute approximate surface area is 183 Å². The summed E-state index contributed by atoms with van der Waals surface area (Å²) in [5.74, 6) is 1.72. The van der Waals surface area contributed by atoms with E-state index in [1.165, 1.54) is 0 Å². The first kappa shape index (κ1) is 21.2. The van der Waals surface area contributed by atoms with E-state index in [9.17, 15) is 8.42 Å². The largest absolute Gasteiger partial charge is 0.493 e. The fraction of sp³-hybridized carbons (Fsp3) is 0.250. The van der Waals surface area contributed by atoms with Gasteiger partial charge in [0.15, 0.2) is 11.5 Å². The van der Waals surface area contributed by atoms with E-state index >= 15 is 0 Å². The van der Waals surface area contributed by atoms with Gasteiger partial charge in [0.1, 0.15) is 5.75 Å². The van der Waals surface area contributed by atoms with Crippen molar-refractivity contribution < 1.29 is 17.9 Å². The lowest BCUT2D eigenvalue weighted by atomic mass is 10.2. The predicted octanol–water partition coefficient (Wildman–Crippen LogP) is 4.43. The predicted molar refractivity (Wildman–Crippen MR) is 122 cm³/mol. The van der Waals surface area contributed by atoms with Crippen LogP contribution in [-0.2, 0) is 10.0 Å². The molecule has 3 aromatic carbocycles. The second-order valence-electron chi connectivity index (χ2n) is 7.40. The highest BCUT2D eigenvalue weighted by atomic mass is 32.2. The summed E-state index contributed by atoms with van der Waals surface area (Å²) in [6.07, 6.45) is 2.01. The van der Waals surface area contributed by atoms with Crippen molar-refractivity contribution in [1.82, 2.24) is 4.72 Å². The lowest BCUT2D eigenvalue weighted by Gasteiger charge is -2.27. The average Bonchev–Trinajstić information content (AvgIpc) is 3.28. The van der Waals surface area contributed by atoms with Gasteiger partial charge in [-0.2, -0.15) is 0 Å². The highest BCUT2D eigenvalue weighted by Crippen LogP contribution is 2.31. The molecule has 162 valence electrons. The minimum Gasteiger partial charge on any atom is -0.493 e. The van der Waals surface area contributed by atoms with Crippen LogP contribution in [0.15, 0.2) is 83.8 Å². The van der Waals surface area contributed by atoms with Crippen LogP contribution in [-0.4, -0.2) is 34.7 Å². The minimum absolute atomic E-state index is 0.144. The summed E-state index contributed by atoms with van der Waals surface area (Å²) in [7, 11) is -2.04. The van der Waals surface area contributed by atoms with E-state index in [0.29, 0.717) is 23.8 Å². The van der Waals surface area contributed by atoms with Crippen molar-refractivity contribution >= 4 is 15.7 Å². The third-order valence-electron chi connectivity index (χ3n) is 5.40. The molecule has 0 saturated carbocycles. The number of nitrogens with one attached hydrogen (secondary N) is 1. The van der Waals surface area contributed by atoms with Crippen molar-refractivity contribution in [2.75, 3.05) is 25.1 Å². The van der Waals surface area contributed by atoms with Crippen LogP contribution in [0.25, 0.3) is 0 Å². The maximum atomic E-state index is 12.8. The van der Waals surface area contributed by atoms with Crippen molar-refractivity contribution in [1.29, 1.82) is 0 Å². The third-order valence-corrected chi connectivity index (χ3v) is 6.84. The number of hydrogen-bond acceptors (Lipinski definition) is 5. The molecule has 0 spiro atoms. The highest BCUT2D eigenvalue weighted by Gasteiger charge is 2.26. The summed E-state index contributed by atoms with van der Waals surface area (Å²) in [6, 6.07) is 24.0. The molecule has 6 nitrogen and oxygen atoms in total. The zero-order valence-electron chi connectivity index (χ0n) is 17.4. The van der Waals surface area contributed by atoms with Gasteiger partial charge in [0.2, 0.25) is 10.0 Å². The molecule has 7 heteroatoms. The van der Waals surface area contributed by atoms with E-state index in [1.807, 2.05) is 30.3 Å². The van der Waals surface area contributed by atoms with Crippen LogP contribution < -0.4 is 19.1 Å².